The number of hydrogen-bond acceptors (Lipinski definition) is 4. The third-order valence-corrected chi connectivity index (χ3v) is 4.55. The van der Waals surface area contributed by atoms with E-state index in [1.165, 1.54) is 18.0 Å². The number of fused-ring (bicyclic) bond motifs is 1. The molecule has 0 aliphatic heterocycles. The first-order chi connectivity index (χ1) is 12.7. The Labute approximate surface area is 150 Å². The molecule has 3 aromatic rings. The molecule has 0 fully saturated rings. The van der Waals surface area contributed by atoms with Crippen molar-refractivity contribution < 1.29 is 4.79 Å². The van der Waals surface area contributed by atoms with Crippen molar-refractivity contribution in [3.63, 3.8) is 0 Å². The number of amides is 1. The van der Waals surface area contributed by atoms with Crippen LogP contribution in [0.2, 0.25) is 0 Å². The molecule has 6 heteroatoms. The standard InChI is InChI=1S/C20H18N4O2/c25-19(16-11-21-18(22-12-16)13-5-2-1-3-6-13)23-10-15-9-14-7-4-8-17(14)24-20(15)26/h1-3,5-6,9,11-12H,4,7-8,10H2,(H,23,25)(H,24,26). The molecular weight excluding hydrogens is 328 g/mol. The minimum atomic E-state index is -0.301. The van der Waals surface area contributed by atoms with Crippen LogP contribution in [-0.4, -0.2) is 20.9 Å². The minimum absolute atomic E-state index is 0.137. The third-order valence-electron chi connectivity index (χ3n) is 4.55. The van der Waals surface area contributed by atoms with E-state index in [1.54, 1.807) is 0 Å². The summed E-state index contributed by atoms with van der Waals surface area (Å²) in [6, 6.07) is 11.5. The number of rotatable bonds is 4. The molecule has 1 aliphatic rings. The number of carbonyl (C=O) groups is 1. The van der Waals surface area contributed by atoms with Gasteiger partial charge in [0, 0.05) is 35.8 Å². The lowest BCUT2D eigenvalue weighted by molar-refractivity contribution is 0.0950. The first kappa shape index (κ1) is 16.2. The van der Waals surface area contributed by atoms with E-state index in [-0.39, 0.29) is 18.0 Å². The van der Waals surface area contributed by atoms with Gasteiger partial charge in [-0.1, -0.05) is 30.3 Å². The second-order valence-corrected chi connectivity index (χ2v) is 6.33. The van der Waals surface area contributed by atoms with Crippen LogP contribution in [0.1, 0.15) is 33.6 Å². The first-order valence-electron chi connectivity index (χ1n) is 8.60. The molecule has 2 N–H and O–H groups in total. The van der Waals surface area contributed by atoms with Crippen molar-refractivity contribution >= 4 is 5.91 Å². The Bertz CT molecular complexity index is 995. The average molecular weight is 346 g/mol. The zero-order chi connectivity index (χ0) is 17.9. The van der Waals surface area contributed by atoms with Crippen LogP contribution in [0.5, 0.6) is 0 Å². The number of H-pyrrole nitrogens is 1. The Morgan fingerprint density at radius 2 is 1.88 bits per heavy atom. The third kappa shape index (κ3) is 3.26. The maximum Gasteiger partial charge on any atom is 0.254 e. The maximum absolute atomic E-state index is 12.3. The quantitative estimate of drug-likeness (QED) is 0.758. The van der Waals surface area contributed by atoms with Gasteiger partial charge in [-0.2, -0.15) is 0 Å². The molecule has 4 rings (SSSR count). The highest BCUT2D eigenvalue weighted by molar-refractivity contribution is 5.93. The number of aryl methyl sites for hydroxylation is 2. The highest BCUT2D eigenvalue weighted by atomic mass is 16.1. The van der Waals surface area contributed by atoms with Gasteiger partial charge in [0.05, 0.1) is 5.56 Å². The molecule has 2 aromatic heterocycles. The van der Waals surface area contributed by atoms with Crippen LogP contribution in [-0.2, 0) is 19.4 Å². The van der Waals surface area contributed by atoms with Crippen molar-refractivity contribution in [2.75, 3.05) is 0 Å². The summed E-state index contributed by atoms with van der Waals surface area (Å²) in [4.78, 5) is 35.8. The van der Waals surface area contributed by atoms with Crippen LogP contribution in [0.25, 0.3) is 11.4 Å². The molecule has 6 nitrogen and oxygen atoms in total. The van der Waals surface area contributed by atoms with E-state index in [9.17, 15) is 9.59 Å². The summed E-state index contributed by atoms with van der Waals surface area (Å²) in [5.74, 6) is 0.265. The Balaban J connectivity index is 1.45. The van der Waals surface area contributed by atoms with Crippen LogP contribution >= 0.6 is 0 Å². The van der Waals surface area contributed by atoms with E-state index in [2.05, 4.69) is 20.3 Å². The Kier molecular flexibility index (Phi) is 4.31. The second kappa shape index (κ2) is 6.92. The predicted octanol–water partition coefficient (Wildman–Crippen LogP) is 2.25. The first-order valence-corrected chi connectivity index (χ1v) is 8.60. The molecule has 0 atom stereocenters. The van der Waals surface area contributed by atoms with Gasteiger partial charge >= 0.3 is 0 Å². The molecule has 1 aromatic carbocycles. The number of nitrogens with one attached hydrogen (secondary N) is 2. The summed E-state index contributed by atoms with van der Waals surface area (Å²) in [6.45, 7) is 0.182. The van der Waals surface area contributed by atoms with Crippen LogP contribution in [0.4, 0.5) is 0 Å². The van der Waals surface area contributed by atoms with Crippen molar-refractivity contribution in [3.8, 4) is 11.4 Å². The van der Waals surface area contributed by atoms with E-state index in [0.717, 1.165) is 30.5 Å². The number of benzene rings is 1. The van der Waals surface area contributed by atoms with Crippen molar-refractivity contribution in [2.24, 2.45) is 0 Å². The van der Waals surface area contributed by atoms with Gasteiger partial charge in [0.15, 0.2) is 5.82 Å². The smallest absolute Gasteiger partial charge is 0.254 e. The van der Waals surface area contributed by atoms with E-state index in [4.69, 9.17) is 0 Å². The summed E-state index contributed by atoms with van der Waals surface area (Å²) in [7, 11) is 0. The predicted molar refractivity (Wildman–Crippen MR) is 97.7 cm³/mol. The fourth-order valence-corrected chi connectivity index (χ4v) is 3.15. The van der Waals surface area contributed by atoms with Gasteiger partial charge in [0.1, 0.15) is 0 Å². The molecule has 0 spiro atoms. The number of carbonyl (C=O) groups excluding carboxylic acids is 1. The molecule has 0 saturated carbocycles. The van der Waals surface area contributed by atoms with E-state index in [1.807, 2.05) is 36.4 Å². The maximum atomic E-state index is 12.3. The number of nitrogens with zero attached hydrogens (tertiary/aromatic N) is 2. The minimum Gasteiger partial charge on any atom is -0.348 e. The zero-order valence-corrected chi connectivity index (χ0v) is 14.2. The van der Waals surface area contributed by atoms with Crippen molar-refractivity contribution in [3.05, 3.63) is 81.5 Å². The molecule has 130 valence electrons. The highest BCUT2D eigenvalue weighted by Crippen LogP contribution is 2.18. The van der Waals surface area contributed by atoms with Gasteiger partial charge in [-0.05, 0) is 30.9 Å². The van der Waals surface area contributed by atoms with Gasteiger partial charge in [0.25, 0.3) is 11.5 Å². The van der Waals surface area contributed by atoms with Crippen LogP contribution < -0.4 is 10.9 Å². The summed E-state index contributed by atoms with van der Waals surface area (Å²) in [5, 5.41) is 2.77. The lowest BCUT2D eigenvalue weighted by Gasteiger charge is -2.07. The SMILES string of the molecule is O=C(NCc1cc2c([nH]c1=O)CCC2)c1cnc(-c2ccccc2)nc1. The van der Waals surface area contributed by atoms with Crippen molar-refractivity contribution in [1.82, 2.24) is 20.3 Å². The number of aromatic amines is 1. The van der Waals surface area contributed by atoms with Gasteiger partial charge in [0.2, 0.25) is 0 Å². The Hall–Kier alpha value is -3.28. The lowest BCUT2D eigenvalue weighted by atomic mass is 10.1. The topological polar surface area (TPSA) is 87.7 Å². The molecule has 0 radical (unpaired) electrons. The molecule has 0 saturated heterocycles. The average Bonchev–Trinajstić information content (AvgIpc) is 3.14. The number of hydrogen-bond donors (Lipinski definition) is 2. The van der Waals surface area contributed by atoms with E-state index >= 15 is 0 Å². The summed E-state index contributed by atoms with van der Waals surface area (Å²) in [6.07, 6.45) is 5.95. The molecule has 1 amide bonds. The highest BCUT2D eigenvalue weighted by Gasteiger charge is 2.15. The summed E-state index contributed by atoms with van der Waals surface area (Å²) in [5.41, 5.74) is 3.88. The van der Waals surface area contributed by atoms with Crippen LogP contribution in [0, 0.1) is 0 Å². The lowest BCUT2D eigenvalue weighted by Crippen LogP contribution is -2.27. The normalized spacial score (nSPS) is 12.6. The fraction of sp³-hybridized carbons (Fsp3) is 0.200. The van der Waals surface area contributed by atoms with Crippen molar-refractivity contribution in [2.45, 2.75) is 25.8 Å². The number of pyridine rings is 1. The molecule has 0 bridgehead atoms. The van der Waals surface area contributed by atoms with E-state index < -0.39 is 0 Å². The van der Waals surface area contributed by atoms with Crippen molar-refractivity contribution in [1.29, 1.82) is 0 Å². The monoisotopic (exact) mass is 346 g/mol. The number of aromatic nitrogens is 3. The molecular formula is C20H18N4O2. The van der Waals surface area contributed by atoms with Gasteiger partial charge in [-0.15, -0.1) is 0 Å². The summed E-state index contributed by atoms with van der Waals surface area (Å²) >= 11 is 0. The molecule has 0 unspecified atom stereocenters. The largest absolute Gasteiger partial charge is 0.348 e. The second-order valence-electron chi connectivity index (χ2n) is 6.33. The molecule has 1 aliphatic carbocycles. The molecule has 2 heterocycles. The Morgan fingerprint density at radius 1 is 1.12 bits per heavy atom. The van der Waals surface area contributed by atoms with Gasteiger partial charge < -0.3 is 10.3 Å². The van der Waals surface area contributed by atoms with Crippen LogP contribution in [0.15, 0.2) is 53.6 Å². The Morgan fingerprint density at radius 3 is 2.65 bits per heavy atom. The van der Waals surface area contributed by atoms with E-state index in [0.29, 0.717) is 17.0 Å². The molecule has 26 heavy (non-hydrogen) atoms. The summed E-state index contributed by atoms with van der Waals surface area (Å²) < 4.78 is 0. The fourth-order valence-electron chi connectivity index (χ4n) is 3.15. The zero-order valence-electron chi connectivity index (χ0n) is 14.2. The van der Waals surface area contributed by atoms with Gasteiger partial charge in [-0.25, -0.2) is 9.97 Å². The van der Waals surface area contributed by atoms with Crippen LogP contribution in [0.3, 0.4) is 0 Å². The van der Waals surface area contributed by atoms with Gasteiger partial charge in [-0.3, -0.25) is 9.59 Å².